The molecule has 0 spiro atoms. The largest absolute Gasteiger partial charge is 0.480 e. The summed E-state index contributed by atoms with van der Waals surface area (Å²) in [5.74, 6) is -4.19. The van der Waals surface area contributed by atoms with Crippen molar-refractivity contribution in [3.05, 3.63) is 29.0 Å². The van der Waals surface area contributed by atoms with E-state index in [1.54, 1.807) is 0 Å². The van der Waals surface area contributed by atoms with E-state index in [0.717, 1.165) is 6.07 Å². The lowest BCUT2D eigenvalue weighted by atomic mass is 10.1. The Bertz CT molecular complexity index is 656. The van der Waals surface area contributed by atoms with E-state index in [4.69, 9.17) is 16.7 Å². The van der Waals surface area contributed by atoms with Crippen molar-refractivity contribution in [3.8, 4) is 0 Å². The molecule has 0 aromatic heterocycles. The number of hydrogen-bond donors (Lipinski definition) is 2. The Kier molecular flexibility index (Phi) is 5.15. The smallest absolute Gasteiger partial charge is 0.328 e. The van der Waals surface area contributed by atoms with Gasteiger partial charge >= 0.3 is 5.97 Å². The summed E-state index contributed by atoms with van der Waals surface area (Å²) >= 11 is 5.57. The van der Waals surface area contributed by atoms with Crippen LogP contribution >= 0.6 is 11.6 Å². The van der Waals surface area contributed by atoms with E-state index >= 15 is 0 Å². The molecule has 1 heterocycles. The third kappa shape index (κ3) is 3.76. The molecule has 1 aliphatic rings. The van der Waals surface area contributed by atoms with E-state index in [9.17, 15) is 23.2 Å². The number of halogens is 3. The summed E-state index contributed by atoms with van der Waals surface area (Å²) in [5, 5.41) is 10.7. The average molecular weight is 347 g/mol. The van der Waals surface area contributed by atoms with Gasteiger partial charge in [-0.15, -0.1) is 0 Å². The van der Waals surface area contributed by atoms with Gasteiger partial charge in [0.15, 0.2) is 6.04 Å². The van der Waals surface area contributed by atoms with E-state index < -0.39 is 42.2 Å². The second-order valence-corrected chi connectivity index (χ2v) is 5.46. The van der Waals surface area contributed by atoms with Gasteiger partial charge in [0.25, 0.3) is 0 Å². The number of nitrogens with zero attached hydrogens (tertiary/aromatic N) is 1. The lowest BCUT2D eigenvalue weighted by molar-refractivity contribution is -0.142. The fraction of sp³-hybridized carbons (Fsp3) is 0.357. The highest BCUT2D eigenvalue weighted by Crippen LogP contribution is 2.28. The predicted octanol–water partition coefficient (Wildman–Crippen LogP) is 1.37. The molecule has 0 bridgehead atoms. The highest BCUT2D eigenvalue weighted by atomic mass is 35.5. The number of carbonyl (C=O) groups excluding carboxylic acids is 2. The lowest BCUT2D eigenvalue weighted by Gasteiger charge is -2.18. The molecule has 1 aromatic carbocycles. The second-order valence-electron chi connectivity index (χ2n) is 5.06. The highest BCUT2D eigenvalue weighted by Gasteiger charge is 2.36. The first kappa shape index (κ1) is 17.1. The summed E-state index contributed by atoms with van der Waals surface area (Å²) in [5.41, 5.74) is 0.243. The van der Waals surface area contributed by atoms with E-state index in [0.29, 0.717) is 0 Å². The fourth-order valence-corrected chi connectivity index (χ4v) is 2.36. The van der Waals surface area contributed by atoms with Gasteiger partial charge in [-0.2, -0.15) is 0 Å². The number of hydrogen-bond acceptors (Lipinski definition) is 3. The Labute approximate surface area is 135 Å². The molecule has 2 unspecified atom stereocenters. The maximum Gasteiger partial charge on any atom is 0.328 e. The number of carbonyl (C=O) groups is 3. The Morgan fingerprint density at radius 3 is 2.74 bits per heavy atom. The third-order valence-corrected chi connectivity index (χ3v) is 3.79. The molecule has 2 N–H and O–H groups in total. The van der Waals surface area contributed by atoms with Crippen molar-refractivity contribution in [1.82, 2.24) is 5.32 Å². The summed E-state index contributed by atoms with van der Waals surface area (Å²) in [4.78, 5) is 35.8. The van der Waals surface area contributed by atoms with E-state index in [2.05, 4.69) is 0 Å². The maximum absolute atomic E-state index is 13.5. The van der Waals surface area contributed by atoms with Crippen LogP contribution in [0.2, 0.25) is 5.02 Å². The molecule has 2 rings (SSSR count). The van der Waals surface area contributed by atoms with Gasteiger partial charge in [-0.3, -0.25) is 9.59 Å². The predicted molar refractivity (Wildman–Crippen MR) is 77.4 cm³/mol. The van der Waals surface area contributed by atoms with E-state index in [1.165, 1.54) is 17.0 Å². The molecule has 124 valence electrons. The van der Waals surface area contributed by atoms with Crippen LogP contribution < -0.4 is 10.2 Å². The standard InChI is InChI=1S/C14H13ClF2N2O4/c15-9-2-1-8(4-10(9)17)19-6-7(3-12(19)20)13(21)18-11(5-16)14(22)23/h1-2,4,7,11H,3,5-6H2,(H,18,21)(H,22,23). The van der Waals surface area contributed by atoms with Gasteiger partial charge in [0.1, 0.15) is 12.5 Å². The van der Waals surface area contributed by atoms with Gasteiger partial charge in [-0.1, -0.05) is 11.6 Å². The minimum Gasteiger partial charge on any atom is -0.480 e. The van der Waals surface area contributed by atoms with Crippen molar-refractivity contribution >= 4 is 35.1 Å². The fourth-order valence-electron chi connectivity index (χ4n) is 2.24. The summed E-state index contributed by atoms with van der Waals surface area (Å²) in [6.45, 7) is -1.31. The summed E-state index contributed by atoms with van der Waals surface area (Å²) in [6.07, 6.45) is -0.172. The summed E-state index contributed by atoms with van der Waals surface area (Å²) in [6, 6.07) is 2.14. The van der Waals surface area contributed by atoms with Crippen molar-refractivity contribution in [2.24, 2.45) is 5.92 Å². The Balaban J connectivity index is 2.08. The Morgan fingerprint density at radius 2 is 2.17 bits per heavy atom. The van der Waals surface area contributed by atoms with Crippen LogP contribution in [0.4, 0.5) is 14.5 Å². The number of anilines is 1. The van der Waals surface area contributed by atoms with Crippen LogP contribution in [-0.2, 0) is 14.4 Å². The van der Waals surface area contributed by atoms with Crippen molar-refractivity contribution in [2.45, 2.75) is 12.5 Å². The van der Waals surface area contributed by atoms with Gasteiger partial charge in [-0.05, 0) is 18.2 Å². The molecule has 0 radical (unpaired) electrons. The molecule has 1 aromatic rings. The Hall–Kier alpha value is -2.22. The molecule has 2 atom stereocenters. The Morgan fingerprint density at radius 1 is 1.48 bits per heavy atom. The van der Waals surface area contributed by atoms with Crippen LogP contribution in [0.25, 0.3) is 0 Å². The molecular weight excluding hydrogens is 334 g/mol. The van der Waals surface area contributed by atoms with Crippen LogP contribution in [0.15, 0.2) is 18.2 Å². The number of alkyl halides is 1. The number of carboxylic acid groups (broad SMARTS) is 1. The van der Waals surface area contributed by atoms with Crippen LogP contribution in [-0.4, -0.2) is 42.2 Å². The maximum atomic E-state index is 13.5. The van der Waals surface area contributed by atoms with Gasteiger partial charge in [0.05, 0.1) is 10.9 Å². The molecule has 1 fully saturated rings. The molecule has 0 saturated carbocycles. The molecule has 0 aliphatic carbocycles. The van der Waals surface area contributed by atoms with Crippen LogP contribution in [0.5, 0.6) is 0 Å². The zero-order chi connectivity index (χ0) is 17.1. The number of aliphatic carboxylic acids is 1. The van der Waals surface area contributed by atoms with Crippen LogP contribution in [0.3, 0.4) is 0 Å². The van der Waals surface area contributed by atoms with Crippen molar-refractivity contribution in [2.75, 3.05) is 18.1 Å². The first-order valence-corrected chi connectivity index (χ1v) is 7.05. The van der Waals surface area contributed by atoms with Gasteiger partial charge in [0, 0.05) is 18.7 Å². The molecular formula is C14H13ClF2N2O4. The van der Waals surface area contributed by atoms with Crippen molar-refractivity contribution in [3.63, 3.8) is 0 Å². The molecule has 1 aliphatic heterocycles. The second kappa shape index (κ2) is 6.91. The minimum atomic E-state index is -1.65. The van der Waals surface area contributed by atoms with Gasteiger partial charge in [0.2, 0.25) is 11.8 Å². The highest BCUT2D eigenvalue weighted by molar-refractivity contribution is 6.30. The number of amides is 2. The first-order valence-electron chi connectivity index (χ1n) is 6.68. The molecule has 23 heavy (non-hydrogen) atoms. The monoisotopic (exact) mass is 346 g/mol. The SMILES string of the molecule is O=C(NC(CF)C(=O)O)C1CC(=O)N(c2ccc(Cl)c(F)c2)C1. The number of benzene rings is 1. The summed E-state index contributed by atoms with van der Waals surface area (Å²) in [7, 11) is 0. The van der Waals surface area contributed by atoms with Gasteiger partial charge < -0.3 is 15.3 Å². The molecule has 1 saturated heterocycles. The topological polar surface area (TPSA) is 86.7 Å². The van der Waals surface area contributed by atoms with Crippen LogP contribution in [0, 0.1) is 11.7 Å². The van der Waals surface area contributed by atoms with Gasteiger partial charge in [-0.25, -0.2) is 13.6 Å². The molecule has 6 nitrogen and oxygen atoms in total. The van der Waals surface area contributed by atoms with E-state index in [1.807, 2.05) is 5.32 Å². The minimum absolute atomic E-state index is 0.0512. The molecule has 2 amide bonds. The zero-order valence-electron chi connectivity index (χ0n) is 11.8. The van der Waals surface area contributed by atoms with Crippen molar-refractivity contribution < 1.29 is 28.3 Å². The summed E-state index contributed by atoms with van der Waals surface area (Å²) < 4.78 is 26.0. The number of carboxylic acids is 1. The third-order valence-electron chi connectivity index (χ3n) is 3.48. The lowest BCUT2D eigenvalue weighted by Crippen LogP contribution is -2.45. The van der Waals surface area contributed by atoms with Crippen molar-refractivity contribution in [1.29, 1.82) is 0 Å². The number of rotatable bonds is 5. The van der Waals surface area contributed by atoms with E-state index in [-0.39, 0.29) is 23.7 Å². The average Bonchev–Trinajstić information content (AvgIpc) is 2.89. The quantitative estimate of drug-likeness (QED) is 0.843. The molecule has 9 heteroatoms. The van der Waals surface area contributed by atoms with Crippen LogP contribution in [0.1, 0.15) is 6.42 Å². The number of nitrogens with one attached hydrogen (secondary N) is 1. The first-order chi connectivity index (χ1) is 10.8. The normalized spacial score (nSPS) is 18.8. The zero-order valence-corrected chi connectivity index (χ0v) is 12.5.